The van der Waals surface area contributed by atoms with Gasteiger partial charge in [0.25, 0.3) is 0 Å². The summed E-state index contributed by atoms with van der Waals surface area (Å²) in [5, 5.41) is 16.3. The number of fused-ring (bicyclic) bond motifs is 2. The molecule has 3 heterocycles. The molecule has 12 heteroatoms. The van der Waals surface area contributed by atoms with E-state index in [0.29, 0.717) is 11.7 Å². The second kappa shape index (κ2) is 11.5. The molecule has 42 heavy (non-hydrogen) atoms. The number of nitrogens with one attached hydrogen (secondary N) is 1. The number of hydrazine groups is 1. The molecule has 0 radical (unpaired) electrons. The number of nitrogen functional groups attached to an aromatic ring is 1. The molecular formula is C30H33N7O4S. The van der Waals surface area contributed by atoms with Crippen molar-refractivity contribution in [3.8, 4) is 5.75 Å². The summed E-state index contributed by atoms with van der Waals surface area (Å²) in [6.07, 6.45) is 7.89. The van der Waals surface area contributed by atoms with Crippen molar-refractivity contribution in [3.63, 3.8) is 0 Å². The van der Waals surface area contributed by atoms with Gasteiger partial charge in [-0.3, -0.25) is 14.6 Å². The van der Waals surface area contributed by atoms with E-state index in [-0.39, 0.29) is 49.7 Å². The van der Waals surface area contributed by atoms with Crippen LogP contribution in [0, 0.1) is 0 Å². The number of aromatic nitrogens is 1. The average molecular weight is 588 g/mol. The SMILES string of the molecule is CN(C(=O)NCC1=CCCC=C1)N1CC(=O)N2[C@@H](Cc3ccc(O)cc3)C(=O)N(Cc3cccc4sc(N)nc34)C[C@@H]21. The maximum Gasteiger partial charge on any atom is 0.332 e. The summed E-state index contributed by atoms with van der Waals surface area (Å²) in [6.45, 7) is 0.875. The van der Waals surface area contributed by atoms with Crippen LogP contribution in [0.15, 0.2) is 66.3 Å². The number of para-hydroxylation sites is 1. The number of piperazine rings is 1. The van der Waals surface area contributed by atoms with Gasteiger partial charge in [-0.2, -0.15) is 5.01 Å². The Labute approximate surface area is 247 Å². The zero-order valence-corrected chi connectivity index (χ0v) is 24.1. The van der Waals surface area contributed by atoms with E-state index in [1.54, 1.807) is 46.1 Å². The first-order valence-corrected chi connectivity index (χ1v) is 14.8. The Morgan fingerprint density at radius 1 is 1.19 bits per heavy atom. The predicted molar refractivity (Wildman–Crippen MR) is 160 cm³/mol. The number of urea groups is 1. The molecule has 0 unspecified atom stereocenters. The molecule has 4 N–H and O–H groups in total. The normalized spacial score (nSPS) is 20.6. The van der Waals surface area contributed by atoms with Gasteiger partial charge in [0.1, 0.15) is 18.0 Å². The first kappa shape index (κ1) is 27.7. The fraction of sp³-hybridized carbons (Fsp3) is 0.333. The van der Waals surface area contributed by atoms with Gasteiger partial charge in [-0.15, -0.1) is 0 Å². The highest BCUT2D eigenvalue weighted by molar-refractivity contribution is 7.22. The highest BCUT2D eigenvalue weighted by atomic mass is 32.1. The fourth-order valence-corrected chi connectivity index (χ4v) is 6.65. The number of thiazole rings is 1. The number of nitrogens with two attached hydrogens (primary N) is 1. The quantitative estimate of drug-likeness (QED) is 0.387. The minimum atomic E-state index is -0.778. The van der Waals surface area contributed by atoms with Crippen LogP contribution in [0.25, 0.3) is 10.2 Å². The number of phenolic OH excluding ortho intramolecular Hbond substituents is 1. The van der Waals surface area contributed by atoms with E-state index < -0.39 is 12.2 Å². The summed E-state index contributed by atoms with van der Waals surface area (Å²) in [5.41, 5.74) is 9.46. The molecule has 2 atom stereocenters. The van der Waals surface area contributed by atoms with Gasteiger partial charge >= 0.3 is 6.03 Å². The van der Waals surface area contributed by atoms with Gasteiger partial charge in [0, 0.05) is 26.6 Å². The molecule has 0 saturated carbocycles. The molecule has 2 fully saturated rings. The highest BCUT2D eigenvalue weighted by Gasteiger charge is 2.51. The number of hydrogen-bond donors (Lipinski definition) is 3. The van der Waals surface area contributed by atoms with Crippen molar-refractivity contribution in [3.05, 3.63) is 77.4 Å². The molecule has 6 rings (SSSR count). The van der Waals surface area contributed by atoms with Crippen molar-refractivity contribution in [2.45, 2.75) is 38.0 Å². The minimum Gasteiger partial charge on any atom is -0.508 e. The Balaban J connectivity index is 1.28. The Morgan fingerprint density at radius 3 is 2.76 bits per heavy atom. The van der Waals surface area contributed by atoms with Gasteiger partial charge in [0.05, 0.1) is 23.3 Å². The number of rotatable bonds is 7. The molecule has 2 aromatic carbocycles. The van der Waals surface area contributed by atoms with Crippen LogP contribution in [-0.2, 0) is 22.6 Å². The predicted octanol–water partition coefficient (Wildman–Crippen LogP) is 2.84. The molecule has 4 amide bonds. The number of benzene rings is 2. The van der Waals surface area contributed by atoms with E-state index in [0.717, 1.165) is 39.8 Å². The van der Waals surface area contributed by atoms with E-state index >= 15 is 0 Å². The van der Waals surface area contributed by atoms with Gasteiger partial charge in [0.15, 0.2) is 5.13 Å². The first-order valence-electron chi connectivity index (χ1n) is 13.9. The number of allylic oxidation sites excluding steroid dienone is 2. The van der Waals surface area contributed by atoms with Crippen LogP contribution >= 0.6 is 11.3 Å². The number of nitrogens with zero attached hydrogens (tertiary/aromatic N) is 5. The van der Waals surface area contributed by atoms with Crippen LogP contribution in [0.3, 0.4) is 0 Å². The minimum absolute atomic E-state index is 0.0252. The molecular weight excluding hydrogens is 554 g/mol. The Bertz CT molecular complexity index is 1580. The molecule has 218 valence electrons. The number of carbonyl (C=O) groups is 3. The number of carbonyl (C=O) groups excluding carboxylic acids is 3. The third-order valence-corrected chi connectivity index (χ3v) is 8.86. The first-order chi connectivity index (χ1) is 20.3. The van der Waals surface area contributed by atoms with Gasteiger partial charge < -0.3 is 26.0 Å². The number of phenols is 1. The summed E-state index contributed by atoms with van der Waals surface area (Å²) in [5.74, 6) is -0.277. The third kappa shape index (κ3) is 5.42. The topological polar surface area (TPSA) is 135 Å². The molecule has 0 bridgehead atoms. The maximum absolute atomic E-state index is 14.0. The van der Waals surface area contributed by atoms with Gasteiger partial charge in [-0.05, 0) is 47.7 Å². The van der Waals surface area contributed by atoms with Gasteiger partial charge in [-0.1, -0.05) is 53.8 Å². The highest BCUT2D eigenvalue weighted by Crippen LogP contribution is 2.32. The standard InChI is InChI=1S/C30H33N7O4S/c1-34(30(41)32-15-20-6-3-2-4-7-20)36-18-26(39)37-23(14-19-10-12-22(38)13-11-19)28(40)35(17-25(36)37)16-21-8-5-9-24-27(21)33-29(31)42-24/h3,5-13,23,25,38H,2,4,14-18H2,1H3,(H2,31,33)(H,32,41)/t23-,25+/m0/s1. The van der Waals surface area contributed by atoms with Crippen LogP contribution < -0.4 is 11.1 Å². The van der Waals surface area contributed by atoms with Gasteiger partial charge in [0.2, 0.25) is 11.8 Å². The summed E-state index contributed by atoms with van der Waals surface area (Å²) in [7, 11) is 1.64. The molecule has 2 saturated heterocycles. The fourth-order valence-electron chi connectivity index (χ4n) is 5.87. The average Bonchev–Trinajstić information content (AvgIpc) is 3.54. The molecule has 2 aliphatic heterocycles. The van der Waals surface area contributed by atoms with E-state index in [9.17, 15) is 19.5 Å². The number of amides is 4. The largest absolute Gasteiger partial charge is 0.508 e. The van der Waals surface area contributed by atoms with E-state index in [1.807, 2.05) is 24.3 Å². The monoisotopic (exact) mass is 587 g/mol. The molecule has 1 aliphatic carbocycles. The molecule has 1 aromatic heterocycles. The number of anilines is 1. The number of aromatic hydroxyl groups is 1. The summed E-state index contributed by atoms with van der Waals surface area (Å²) < 4.78 is 0.939. The van der Waals surface area contributed by atoms with Gasteiger partial charge in [-0.25, -0.2) is 9.78 Å². The molecule has 3 aliphatic rings. The van der Waals surface area contributed by atoms with Crippen molar-refractivity contribution in [1.29, 1.82) is 0 Å². The van der Waals surface area contributed by atoms with E-state index in [2.05, 4.69) is 22.5 Å². The lowest BCUT2D eigenvalue weighted by atomic mass is 9.99. The Hall–Kier alpha value is -4.42. The third-order valence-electron chi connectivity index (χ3n) is 8.01. The zero-order chi connectivity index (χ0) is 29.4. The van der Waals surface area contributed by atoms with E-state index in [4.69, 9.17) is 5.73 Å². The van der Waals surface area contributed by atoms with Crippen molar-refractivity contribution < 1.29 is 19.5 Å². The van der Waals surface area contributed by atoms with Crippen molar-refractivity contribution in [2.75, 3.05) is 32.4 Å². The molecule has 11 nitrogen and oxygen atoms in total. The smallest absolute Gasteiger partial charge is 0.332 e. The second-order valence-electron chi connectivity index (χ2n) is 10.7. The summed E-state index contributed by atoms with van der Waals surface area (Å²) in [4.78, 5) is 48.6. The van der Waals surface area contributed by atoms with Crippen LogP contribution in [0.5, 0.6) is 5.75 Å². The zero-order valence-electron chi connectivity index (χ0n) is 23.3. The Morgan fingerprint density at radius 2 is 2.00 bits per heavy atom. The lowest BCUT2D eigenvalue weighted by Crippen LogP contribution is -2.65. The number of hydrogen-bond acceptors (Lipinski definition) is 8. The van der Waals surface area contributed by atoms with Crippen LogP contribution in [-0.4, -0.2) is 86.6 Å². The Kier molecular flexibility index (Phi) is 7.56. The second-order valence-corrected chi connectivity index (χ2v) is 11.8. The summed E-state index contributed by atoms with van der Waals surface area (Å²) >= 11 is 1.39. The van der Waals surface area contributed by atoms with E-state index in [1.165, 1.54) is 16.3 Å². The lowest BCUT2D eigenvalue weighted by Gasteiger charge is -2.45. The summed E-state index contributed by atoms with van der Waals surface area (Å²) in [6, 6.07) is 11.3. The lowest BCUT2D eigenvalue weighted by molar-refractivity contribution is -0.157. The van der Waals surface area contributed by atoms with Crippen LogP contribution in [0.4, 0.5) is 9.93 Å². The van der Waals surface area contributed by atoms with Crippen molar-refractivity contribution in [2.24, 2.45) is 0 Å². The van der Waals surface area contributed by atoms with Crippen molar-refractivity contribution in [1.82, 2.24) is 30.1 Å². The van der Waals surface area contributed by atoms with Crippen molar-refractivity contribution >= 4 is 44.5 Å². The maximum atomic E-state index is 14.0. The van der Waals surface area contributed by atoms with Crippen LogP contribution in [0.1, 0.15) is 24.0 Å². The molecule has 0 spiro atoms. The molecule has 3 aromatic rings. The van der Waals surface area contributed by atoms with Crippen LogP contribution in [0.2, 0.25) is 0 Å².